The Balaban J connectivity index is 1.30. The summed E-state index contributed by atoms with van der Waals surface area (Å²) < 4.78 is 1.76. The van der Waals surface area contributed by atoms with Crippen LogP contribution in [0.3, 0.4) is 0 Å². The van der Waals surface area contributed by atoms with E-state index in [-0.39, 0.29) is 0 Å². The van der Waals surface area contributed by atoms with Crippen LogP contribution >= 0.6 is 23.2 Å². The number of hydrogen-bond donors (Lipinski definition) is 1. The number of piperazine rings is 1. The van der Waals surface area contributed by atoms with Gasteiger partial charge in [0, 0.05) is 50.8 Å². The summed E-state index contributed by atoms with van der Waals surface area (Å²) in [6.07, 6.45) is 4.40. The van der Waals surface area contributed by atoms with E-state index in [9.17, 15) is 4.79 Å². The van der Waals surface area contributed by atoms with Crippen LogP contribution in [-0.2, 0) is 0 Å². The lowest BCUT2D eigenvalue weighted by Crippen LogP contribution is -2.47. The Labute approximate surface area is 185 Å². The number of pyridine rings is 1. The second kappa shape index (κ2) is 9.12. The first kappa shape index (κ1) is 20.8. The van der Waals surface area contributed by atoms with E-state index in [1.807, 2.05) is 36.5 Å². The van der Waals surface area contributed by atoms with E-state index in [4.69, 9.17) is 28.9 Å². The number of anilines is 2. The zero-order chi connectivity index (χ0) is 21.1. The standard InChI is InChI=1S/C21H24Cl2N6O/c22-18-3-1-4-19(20(18)23)27-13-11-26(12-14-27)8-2-9-28(21(24)30)16-6-10-29-17(15-16)5-7-25-29/h1,3-7,10,15H,2,8-9,11-14H2,(H2,24,30). The molecule has 9 heteroatoms. The predicted octanol–water partition coefficient (Wildman–Crippen LogP) is 3.74. The normalized spacial score (nSPS) is 14.9. The third-order valence-electron chi connectivity index (χ3n) is 5.46. The van der Waals surface area contributed by atoms with Gasteiger partial charge in [0.25, 0.3) is 0 Å². The first-order valence-corrected chi connectivity index (χ1v) is 10.7. The van der Waals surface area contributed by atoms with Gasteiger partial charge in [0.15, 0.2) is 0 Å². The van der Waals surface area contributed by atoms with Crippen molar-refractivity contribution < 1.29 is 4.79 Å². The topological polar surface area (TPSA) is 70.1 Å². The van der Waals surface area contributed by atoms with E-state index in [0.29, 0.717) is 16.6 Å². The van der Waals surface area contributed by atoms with Gasteiger partial charge in [0.1, 0.15) is 0 Å². The quantitative estimate of drug-likeness (QED) is 0.625. The highest BCUT2D eigenvalue weighted by Crippen LogP contribution is 2.32. The van der Waals surface area contributed by atoms with Crippen molar-refractivity contribution in [3.05, 3.63) is 58.8 Å². The van der Waals surface area contributed by atoms with Crippen LogP contribution in [0.4, 0.5) is 16.2 Å². The van der Waals surface area contributed by atoms with Crippen LogP contribution in [-0.4, -0.2) is 59.8 Å². The molecule has 1 aromatic carbocycles. The van der Waals surface area contributed by atoms with Crippen LogP contribution in [0.1, 0.15) is 6.42 Å². The summed E-state index contributed by atoms with van der Waals surface area (Å²) in [6.45, 7) is 5.10. The van der Waals surface area contributed by atoms with Gasteiger partial charge in [-0.2, -0.15) is 5.10 Å². The van der Waals surface area contributed by atoms with E-state index in [1.54, 1.807) is 21.7 Å². The zero-order valence-electron chi connectivity index (χ0n) is 16.5. The third kappa shape index (κ3) is 4.48. The third-order valence-corrected chi connectivity index (χ3v) is 6.27. The number of fused-ring (bicyclic) bond motifs is 1. The summed E-state index contributed by atoms with van der Waals surface area (Å²) >= 11 is 12.5. The van der Waals surface area contributed by atoms with Crippen molar-refractivity contribution in [2.24, 2.45) is 5.73 Å². The number of halogens is 2. The molecule has 158 valence electrons. The molecule has 0 unspecified atom stereocenters. The molecule has 0 bridgehead atoms. The number of nitrogens with two attached hydrogens (primary N) is 1. The average Bonchev–Trinajstić information content (AvgIpc) is 3.21. The zero-order valence-corrected chi connectivity index (χ0v) is 18.1. The van der Waals surface area contributed by atoms with Gasteiger partial charge in [-0.15, -0.1) is 0 Å². The van der Waals surface area contributed by atoms with Gasteiger partial charge in [-0.3, -0.25) is 9.80 Å². The van der Waals surface area contributed by atoms with Crippen molar-refractivity contribution in [3.8, 4) is 0 Å². The number of rotatable bonds is 6. The number of hydrogen-bond acceptors (Lipinski definition) is 4. The summed E-state index contributed by atoms with van der Waals surface area (Å²) in [5.74, 6) is 0. The predicted molar refractivity (Wildman–Crippen MR) is 122 cm³/mol. The molecule has 1 saturated heterocycles. The Morgan fingerprint density at radius 1 is 1.13 bits per heavy atom. The largest absolute Gasteiger partial charge is 0.368 e. The fraction of sp³-hybridized carbons (Fsp3) is 0.333. The first-order chi connectivity index (χ1) is 14.5. The minimum atomic E-state index is -0.445. The highest BCUT2D eigenvalue weighted by Gasteiger charge is 2.20. The fourth-order valence-corrected chi connectivity index (χ4v) is 4.26. The maximum absolute atomic E-state index is 12.0. The van der Waals surface area contributed by atoms with Gasteiger partial charge in [0.2, 0.25) is 0 Å². The summed E-state index contributed by atoms with van der Waals surface area (Å²) in [5, 5.41) is 5.37. The monoisotopic (exact) mass is 446 g/mol. The van der Waals surface area contributed by atoms with Gasteiger partial charge in [-0.05, 0) is 43.3 Å². The van der Waals surface area contributed by atoms with E-state index in [2.05, 4.69) is 14.9 Å². The van der Waals surface area contributed by atoms with Crippen LogP contribution in [0.25, 0.3) is 5.52 Å². The smallest absolute Gasteiger partial charge is 0.319 e. The molecule has 0 atom stereocenters. The number of carbonyl (C=O) groups excluding carboxylic acids is 1. The first-order valence-electron chi connectivity index (χ1n) is 9.94. The van der Waals surface area contributed by atoms with E-state index in [0.717, 1.165) is 56.0 Å². The van der Waals surface area contributed by atoms with Crippen molar-refractivity contribution in [3.63, 3.8) is 0 Å². The lowest BCUT2D eigenvalue weighted by atomic mass is 10.2. The van der Waals surface area contributed by atoms with Gasteiger partial charge in [-0.25, -0.2) is 9.31 Å². The number of aromatic nitrogens is 2. The number of amides is 2. The molecule has 0 radical (unpaired) electrons. The Morgan fingerprint density at radius 2 is 1.93 bits per heavy atom. The highest BCUT2D eigenvalue weighted by atomic mass is 35.5. The molecule has 1 fully saturated rings. The van der Waals surface area contributed by atoms with E-state index in [1.165, 1.54) is 0 Å². The molecule has 1 aliphatic rings. The lowest BCUT2D eigenvalue weighted by Gasteiger charge is -2.36. The summed E-state index contributed by atoms with van der Waals surface area (Å²) in [5.41, 5.74) is 8.34. The molecular formula is C21H24Cl2N6O. The summed E-state index contributed by atoms with van der Waals surface area (Å²) in [4.78, 5) is 18.3. The molecule has 2 N–H and O–H groups in total. The molecule has 0 aliphatic carbocycles. The second-order valence-electron chi connectivity index (χ2n) is 7.33. The molecule has 3 heterocycles. The van der Waals surface area contributed by atoms with Crippen LogP contribution < -0.4 is 15.5 Å². The van der Waals surface area contributed by atoms with Crippen molar-refractivity contribution in [1.29, 1.82) is 0 Å². The Bertz CT molecular complexity index is 1030. The van der Waals surface area contributed by atoms with Crippen LogP contribution in [0.15, 0.2) is 48.8 Å². The molecule has 0 saturated carbocycles. The van der Waals surface area contributed by atoms with Crippen LogP contribution in [0.5, 0.6) is 0 Å². The van der Waals surface area contributed by atoms with Gasteiger partial charge >= 0.3 is 6.03 Å². The number of nitrogens with zero attached hydrogens (tertiary/aromatic N) is 5. The van der Waals surface area contributed by atoms with Crippen molar-refractivity contribution in [1.82, 2.24) is 14.5 Å². The lowest BCUT2D eigenvalue weighted by molar-refractivity contribution is 0.247. The number of primary amides is 1. The molecule has 30 heavy (non-hydrogen) atoms. The van der Waals surface area contributed by atoms with Crippen molar-refractivity contribution in [2.45, 2.75) is 6.42 Å². The SMILES string of the molecule is NC(=O)N(CCCN1CCN(c2cccc(Cl)c2Cl)CC1)c1ccn2nccc2c1. The molecule has 2 aromatic heterocycles. The molecule has 3 aromatic rings. The Morgan fingerprint density at radius 3 is 2.70 bits per heavy atom. The fourth-order valence-electron chi connectivity index (χ4n) is 3.85. The van der Waals surface area contributed by atoms with Crippen molar-refractivity contribution in [2.75, 3.05) is 49.1 Å². The average molecular weight is 447 g/mol. The van der Waals surface area contributed by atoms with E-state index >= 15 is 0 Å². The van der Waals surface area contributed by atoms with Gasteiger partial charge in [0.05, 0.1) is 21.2 Å². The number of benzene rings is 1. The van der Waals surface area contributed by atoms with Crippen molar-refractivity contribution >= 4 is 46.1 Å². The summed E-state index contributed by atoms with van der Waals surface area (Å²) in [7, 11) is 0. The minimum absolute atomic E-state index is 0.445. The summed E-state index contributed by atoms with van der Waals surface area (Å²) in [6, 6.07) is 11.0. The van der Waals surface area contributed by atoms with E-state index < -0.39 is 6.03 Å². The molecule has 0 spiro atoms. The molecule has 1 aliphatic heterocycles. The molecule has 4 rings (SSSR count). The number of carbonyl (C=O) groups is 1. The Kier molecular flexibility index (Phi) is 6.32. The maximum Gasteiger partial charge on any atom is 0.319 e. The molecule has 2 amide bonds. The van der Waals surface area contributed by atoms with Gasteiger partial charge < -0.3 is 10.6 Å². The van der Waals surface area contributed by atoms with Crippen LogP contribution in [0.2, 0.25) is 10.0 Å². The minimum Gasteiger partial charge on any atom is -0.368 e. The highest BCUT2D eigenvalue weighted by molar-refractivity contribution is 6.43. The van der Waals surface area contributed by atoms with Gasteiger partial charge in [-0.1, -0.05) is 29.3 Å². The Hall–Kier alpha value is -2.48. The molecule has 7 nitrogen and oxygen atoms in total. The van der Waals surface area contributed by atoms with Crippen LogP contribution in [0, 0.1) is 0 Å². The maximum atomic E-state index is 12.0. The number of urea groups is 1. The second-order valence-corrected chi connectivity index (χ2v) is 8.12. The molecular weight excluding hydrogens is 423 g/mol.